The molecule has 1 heterocycles. The van der Waals surface area contributed by atoms with Gasteiger partial charge in [-0.3, -0.25) is 9.59 Å². The number of nitrogens with two attached hydrogens (primary N) is 2. The summed E-state index contributed by atoms with van der Waals surface area (Å²) in [6.07, 6.45) is 1.78. The standard InChI is InChI=1S/C14H20N4O2/c1-17-14(20)10-3-2-6-18(8-10)12-7-9(13(16)19)4-5-11(12)15/h4-5,7,10H,2-3,6,8,15H2,1H3,(H2,16,19)(H,17,20). The van der Waals surface area contributed by atoms with Crippen molar-refractivity contribution in [3.05, 3.63) is 23.8 Å². The molecule has 0 radical (unpaired) electrons. The van der Waals surface area contributed by atoms with E-state index in [9.17, 15) is 9.59 Å². The van der Waals surface area contributed by atoms with Gasteiger partial charge in [0.1, 0.15) is 0 Å². The van der Waals surface area contributed by atoms with E-state index in [1.807, 2.05) is 4.90 Å². The monoisotopic (exact) mass is 276 g/mol. The first-order valence-electron chi connectivity index (χ1n) is 6.68. The Balaban J connectivity index is 2.24. The van der Waals surface area contributed by atoms with Gasteiger partial charge in [-0.05, 0) is 31.0 Å². The van der Waals surface area contributed by atoms with Crippen LogP contribution in [0.5, 0.6) is 0 Å². The quantitative estimate of drug-likeness (QED) is 0.692. The molecule has 1 aromatic rings. The van der Waals surface area contributed by atoms with Gasteiger partial charge >= 0.3 is 0 Å². The number of piperidine rings is 1. The minimum Gasteiger partial charge on any atom is -0.397 e. The van der Waals surface area contributed by atoms with Crippen LogP contribution in [-0.2, 0) is 4.79 Å². The molecule has 0 aliphatic carbocycles. The molecule has 5 N–H and O–H groups in total. The number of rotatable bonds is 3. The molecule has 0 spiro atoms. The van der Waals surface area contributed by atoms with Crippen LogP contribution in [0.3, 0.4) is 0 Å². The number of amides is 2. The highest BCUT2D eigenvalue weighted by Crippen LogP contribution is 2.29. The second kappa shape index (κ2) is 5.81. The summed E-state index contributed by atoms with van der Waals surface area (Å²) in [5.74, 6) is -0.490. The van der Waals surface area contributed by atoms with Gasteiger partial charge in [-0.2, -0.15) is 0 Å². The Morgan fingerprint density at radius 3 is 2.80 bits per heavy atom. The number of primary amides is 1. The van der Waals surface area contributed by atoms with Crippen LogP contribution in [0.25, 0.3) is 0 Å². The van der Waals surface area contributed by atoms with Crippen LogP contribution in [0.2, 0.25) is 0 Å². The molecule has 2 rings (SSSR count). The number of hydrogen-bond donors (Lipinski definition) is 3. The predicted molar refractivity (Wildman–Crippen MR) is 78.4 cm³/mol. The Bertz CT molecular complexity index is 530. The fraction of sp³-hybridized carbons (Fsp3) is 0.429. The Labute approximate surface area is 118 Å². The number of carbonyl (C=O) groups is 2. The number of nitrogens with one attached hydrogen (secondary N) is 1. The maximum atomic E-state index is 11.8. The highest BCUT2D eigenvalue weighted by molar-refractivity contribution is 5.95. The van der Waals surface area contributed by atoms with E-state index in [2.05, 4.69) is 5.32 Å². The molecular formula is C14H20N4O2. The highest BCUT2D eigenvalue weighted by Gasteiger charge is 2.26. The van der Waals surface area contributed by atoms with Gasteiger partial charge in [0.15, 0.2) is 0 Å². The summed E-state index contributed by atoms with van der Waals surface area (Å²) in [5.41, 5.74) is 13.1. The number of benzene rings is 1. The molecule has 1 aliphatic rings. The number of hydrogen-bond acceptors (Lipinski definition) is 4. The lowest BCUT2D eigenvalue weighted by Gasteiger charge is -2.34. The van der Waals surface area contributed by atoms with E-state index >= 15 is 0 Å². The molecule has 6 heteroatoms. The smallest absolute Gasteiger partial charge is 0.248 e. The fourth-order valence-corrected chi connectivity index (χ4v) is 2.58. The molecule has 108 valence electrons. The minimum atomic E-state index is -0.480. The van der Waals surface area contributed by atoms with Gasteiger partial charge in [-0.25, -0.2) is 0 Å². The van der Waals surface area contributed by atoms with Gasteiger partial charge in [0.05, 0.1) is 17.3 Å². The summed E-state index contributed by atoms with van der Waals surface area (Å²) in [4.78, 5) is 25.1. The van der Waals surface area contributed by atoms with Crippen molar-refractivity contribution in [1.29, 1.82) is 0 Å². The van der Waals surface area contributed by atoms with Crippen LogP contribution in [0.15, 0.2) is 18.2 Å². The van der Waals surface area contributed by atoms with Crippen molar-refractivity contribution >= 4 is 23.2 Å². The molecule has 6 nitrogen and oxygen atoms in total. The summed E-state index contributed by atoms with van der Waals surface area (Å²) < 4.78 is 0. The van der Waals surface area contributed by atoms with Gasteiger partial charge in [-0.15, -0.1) is 0 Å². The minimum absolute atomic E-state index is 0.0410. The second-order valence-corrected chi connectivity index (χ2v) is 5.04. The zero-order valence-electron chi connectivity index (χ0n) is 11.6. The lowest BCUT2D eigenvalue weighted by Crippen LogP contribution is -2.42. The zero-order valence-corrected chi connectivity index (χ0v) is 11.6. The van der Waals surface area contributed by atoms with E-state index in [0.29, 0.717) is 17.8 Å². The van der Waals surface area contributed by atoms with E-state index in [1.54, 1.807) is 25.2 Å². The van der Waals surface area contributed by atoms with Crippen molar-refractivity contribution in [3.8, 4) is 0 Å². The molecule has 1 unspecified atom stereocenters. The lowest BCUT2D eigenvalue weighted by atomic mass is 9.96. The predicted octanol–water partition coefficient (Wildman–Crippen LogP) is 0.330. The molecule has 20 heavy (non-hydrogen) atoms. The largest absolute Gasteiger partial charge is 0.397 e. The molecule has 1 aliphatic heterocycles. The number of anilines is 2. The molecule has 0 aromatic heterocycles. The molecular weight excluding hydrogens is 256 g/mol. The van der Waals surface area contributed by atoms with Crippen LogP contribution in [0, 0.1) is 5.92 Å². The Hall–Kier alpha value is -2.24. The topological polar surface area (TPSA) is 101 Å². The Morgan fingerprint density at radius 2 is 2.15 bits per heavy atom. The third-order valence-electron chi connectivity index (χ3n) is 3.69. The molecule has 1 aromatic carbocycles. The number of nitrogens with zero attached hydrogens (tertiary/aromatic N) is 1. The van der Waals surface area contributed by atoms with E-state index in [4.69, 9.17) is 11.5 Å². The van der Waals surface area contributed by atoms with Gasteiger partial charge < -0.3 is 21.7 Å². The van der Waals surface area contributed by atoms with E-state index in [0.717, 1.165) is 25.1 Å². The van der Waals surface area contributed by atoms with Gasteiger partial charge in [0.25, 0.3) is 0 Å². The average molecular weight is 276 g/mol. The Morgan fingerprint density at radius 1 is 1.40 bits per heavy atom. The normalized spacial score (nSPS) is 18.6. The summed E-state index contributed by atoms with van der Waals surface area (Å²) in [6.45, 7) is 1.42. The SMILES string of the molecule is CNC(=O)C1CCCN(c2cc(C(N)=O)ccc2N)C1. The third-order valence-corrected chi connectivity index (χ3v) is 3.69. The summed E-state index contributed by atoms with van der Waals surface area (Å²) in [7, 11) is 1.64. The second-order valence-electron chi connectivity index (χ2n) is 5.04. The van der Waals surface area contributed by atoms with Gasteiger partial charge in [0, 0.05) is 25.7 Å². The van der Waals surface area contributed by atoms with Crippen molar-refractivity contribution in [2.75, 3.05) is 30.8 Å². The van der Waals surface area contributed by atoms with E-state index < -0.39 is 5.91 Å². The van der Waals surface area contributed by atoms with Crippen LogP contribution in [0.1, 0.15) is 23.2 Å². The maximum absolute atomic E-state index is 11.8. The van der Waals surface area contributed by atoms with Crippen molar-refractivity contribution in [3.63, 3.8) is 0 Å². The van der Waals surface area contributed by atoms with E-state index in [-0.39, 0.29) is 11.8 Å². The summed E-state index contributed by atoms with van der Waals surface area (Å²) in [5, 5.41) is 2.68. The van der Waals surface area contributed by atoms with Crippen molar-refractivity contribution in [2.24, 2.45) is 11.7 Å². The van der Waals surface area contributed by atoms with Crippen LogP contribution in [-0.4, -0.2) is 32.0 Å². The number of nitrogen functional groups attached to an aromatic ring is 1. The number of carbonyl (C=O) groups excluding carboxylic acids is 2. The van der Waals surface area contributed by atoms with Crippen LogP contribution < -0.4 is 21.7 Å². The first-order chi connectivity index (χ1) is 9.52. The van der Waals surface area contributed by atoms with Crippen LogP contribution >= 0.6 is 0 Å². The summed E-state index contributed by atoms with van der Waals surface area (Å²) in [6, 6.07) is 4.99. The third kappa shape index (κ3) is 2.84. The first kappa shape index (κ1) is 14.2. The average Bonchev–Trinajstić information content (AvgIpc) is 2.46. The molecule has 1 saturated heterocycles. The van der Waals surface area contributed by atoms with Crippen LogP contribution in [0.4, 0.5) is 11.4 Å². The molecule has 0 saturated carbocycles. The van der Waals surface area contributed by atoms with Crippen molar-refractivity contribution in [2.45, 2.75) is 12.8 Å². The zero-order chi connectivity index (χ0) is 14.7. The highest BCUT2D eigenvalue weighted by atomic mass is 16.2. The fourth-order valence-electron chi connectivity index (χ4n) is 2.58. The molecule has 0 bridgehead atoms. The summed E-state index contributed by atoms with van der Waals surface area (Å²) >= 11 is 0. The van der Waals surface area contributed by atoms with Gasteiger partial charge in [0.2, 0.25) is 11.8 Å². The molecule has 2 amide bonds. The maximum Gasteiger partial charge on any atom is 0.248 e. The van der Waals surface area contributed by atoms with Gasteiger partial charge in [-0.1, -0.05) is 0 Å². The first-order valence-corrected chi connectivity index (χ1v) is 6.68. The van der Waals surface area contributed by atoms with Crippen molar-refractivity contribution < 1.29 is 9.59 Å². The molecule has 1 atom stereocenters. The Kier molecular flexibility index (Phi) is 4.12. The van der Waals surface area contributed by atoms with E-state index in [1.165, 1.54) is 0 Å². The van der Waals surface area contributed by atoms with Crippen molar-refractivity contribution in [1.82, 2.24) is 5.32 Å². The molecule has 1 fully saturated rings. The lowest BCUT2D eigenvalue weighted by molar-refractivity contribution is -0.124.